The van der Waals surface area contributed by atoms with Crippen molar-refractivity contribution in [3.8, 4) is 11.4 Å². The van der Waals surface area contributed by atoms with E-state index >= 15 is 0 Å². The zero-order chi connectivity index (χ0) is 17.2. The van der Waals surface area contributed by atoms with Gasteiger partial charge in [-0.3, -0.25) is 0 Å². The zero-order valence-corrected chi connectivity index (χ0v) is 14.3. The van der Waals surface area contributed by atoms with Crippen LogP contribution in [0.15, 0.2) is 60.9 Å². The summed E-state index contributed by atoms with van der Waals surface area (Å²) in [6, 6.07) is 16.1. The Morgan fingerprint density at radius 3 is 1.72 bits per heavy atom. The van der Waals surface area contributed by atoms with Crippen LogP contribution in [0.2, 0.25) is 0 Å². The first-order valence-electron chi connectivity index (χ1n) is 8.60. The first-order chi connectivity index (χ1) is 12.2. The minimum absolute atomic E-state index is 0.315. The molecule has 2 aromatic carbocycles. The molecule has 1 fully saturated rings. The van der Waals surface area contributed by atoms with E-state index in [0.717, 1.165) is 37.7 Å². The zero-order valence-electron chi connectivity index (χ0n) is 14.3. The van der Waals surface area contributed by atoms with Crippen LogP contribution in [0, 0.1) is 6.92 Å². The summed E-state index contributed by atoms with van der Waals surface area (Å²) < 4.78 is 2.09. The van der Waals surface area contributed by atoms with Gasteiger partial charge in [0.15, 0.2) is 0 Å². The third-order valence-corrected chi connectivity index (χ3v) is 4.81. The molecule has 1 aromatic heterocycles. The van der Waals surface area contributed by atoms with Gasteiger partial charge in [0.1, 0.15) is 11.6 Å². The van der Waals surface area contributed by atoms with E-state index in [4.69, 9.17) is 0 Å². The third-order valence-electron chi connectivity index (χ3n) is 4.81. The monoisotopic (exact) mass is 334 g/mol. The van der Waals surface area contributed by atoms with Crippen molar-refractivity contribution in [2.45, 2.75) is 6.92 Å². The average Bonchev–Trinajstić information content (AvgIpc) is 3.09. The minimum Gasteiger partial charge on any atom is -0.508 e. The van der Waals surface area contributed by atoms with Crippen LogP contribution >= 0.6 is 0 Å². The highest BCUT2D eigenvalue weighted by Gasteiger charge is 2.17. The molecule has 3 aromatic rings. The number of rotatable bonds is 3. The fraction of sp³-hybridized carbons (Fsp3) is 0.250. The number of aromatic nitrogens is 2. The summed E-state index contributed by atoms with van der Waals surface area (Å²) in [6.45, 7) is 5.95. The molecule has 0 saturated carbocycles. The molecule has 0 spiro atoms. The Morgan fingerprint density at radius 1 is 0.760 bits per heavy atom. The summed E-state index contributed by atoms with van der Waals surface area (Å²) in [5, 5.41) is 9.42. The lowest BCUT2D eigenvalue weighted by atomic mass is 10.2. The smallest absolute Gasteiger partial charge is 0.115 e. The number of nitrogens with zero attached hydrogens (tertiary/aromatic N) is 4. The van der Waals surface area contributed by atoms with Crippen LogP contribution in [0.4, 0.5) is 11.4 Å². The number of hydrogen-bond acceptors (Lipinski definition) is 4. The van der Waals surface area contributed by atoms with Crippen LogP contribution in [0.3, 0.4) is 0 Å². The highest BCUT2D eigenvalue weighted by Crippen LogP contribution is 2.23. The van der Waals surface area contributed by atoms with Crippen molar-refractivity contribution in [1.29, 1.82) is 0 Å². The molecule has 0 radical (unpaired) electrons. The van der Waals surface area contributed by atoms with Crippen LogP contribution in [-0.4, -0.2) is 40.8 Å². The molecular formula is C20H22N4O. The lowest BCUT2D eigenvalue weighted by molar-refractivity contribution is 0.475. The Balaban J connectivity index is 1.42. The molecule has 1 saturated heterocycles. The highest BCUT2D eigenvalue weighted by atomic mass is 16.3. The predicted octanol–water partition coefficient (Wildman–Crippen LogP) is 3.21. The number of aryl methyl sites for hydroxylation is 1. The molecule has 5 heteroatoms. The molecule has 2 heterocycles. The van der Waals surface area contributed by atoms with Crippen molar-refractivity contribution < 1.29 is 5.11 Å². The van der Waals surface area contributed by atoms with E-state index in [2.05, 4.69) is 43.6 Å². The van der Waals surface area contributed by atoms with Crippen molar-refractivity contribution in [1.82, 2.24) is 9.55 Å². The van der Waals surface area contributed by atoms with Gasteiger partial charge in [-0.15, -0.1) is 0 Å². The third kappa shape index (κ3) is 3.18. The van der Waals surface area contributed by atoms with Gasteiger partial charge < -0.3 is 19.5 Å². The van der Waals surface area contributed by atoms with E-state index in [1.54, 1.807) is 12.1 Å². The molecule has 1 aliphatic rings. The number of aromatic hydroxyl groups is 1. The van der Waals surface area contributed by atoms with E-state index in [-0.39, 0.29) is 0 Å². The fourth-order valence-corrected chi connectivity index (χ4v) is 3.36. The average molecular weight is 334 g/mol. The summed E-state index contributed by atoms with van der Waals surface area (Å²) >= 11 is 0. The second-order valence-electron chi connectivity index (χ2n) is 6.35. The minimum atomic E-state index is 0.315. The first-order valence-corrected chi connectivity index (χ1v) is 8.60. The largest absolute Gasteiger partial charge is 0.508 e. The number of benzene rings is 2. The van der Waals surface area contributed by atoms with E-state index in [0.29, 0.717) is 5.75 Å². The van der Waals surface area contributed by atoms with Crippen LogP contribution in [-0.2, 0) is 0 Å². The van der Waals surface area contributed by atoms with E-state index in [9.17, 15) is 5.11 Å². The Bertz CT molecular complexity index is 831. The van der Waals surface area contributed by atoms with Gasteiger partial charge in [-0.05, 0) is 55.5 Å². The Labute approximate surface area is 147 Å². The highest BCUT2D eigenvalue weighted by molar-refractivity contribution is 5.54. The molecule has 4 rings (SSSR count). The lowest BCUT2D eigenvalue weighted by Gasteiger charge is -2.37. The van der Waals surface area contributed by atoms with Crippen molar-refractivity contribution in [2.24, 2.45) is 0 Å². The molecule has 0 unspecified atom stereocenters. The standard InChI is InChI=1S/C20H22N4O/c1-16-21-10-11-24(16)19-4-2-17(3-5-19)22-12-14-23(15-13-22)18-6-8-20(25)9-7-18/h2-11,25H,12-15H2,1H3. The summed E-state index contributed by atoms with van der Waals surface area (Å²) in [5.41, 5.74) is 3.57. The van der Waals surface area contributed by atoms with Crippen LogP contribution in [0.1, 0.15) is 5.82 Å². The summed E-state index contributed by atoms with van der Waals surface area (Å²) in [5.74, 6) is 1.31. The van der Waals surface area contributed by atoms with Crippen molar-refractivity contribution in [2.75, 3.05) is 36.0 Å². The molecule has 0 atom stereocenters. The van der Waals surface area contributed by atoms with Crippen molar-refractivity contribution in [3.05, 3.63) is 66.7 Å². The van der Waals surface area contributed by atoms with Crippen LogP contribution < -0.4 is 9.80 Å². The fourth-order valence-electron chi connectivity index (χ4n) is 3.36. The van der Waals surface area contributed by atoms with E-state index < -0.39 is 0 Å². The maximum atomic E-state index is 9.42. The quantitative estimate of drug-likeness (QED) is 0.799. The second-order valence-corrected chi connectivity index (χ2v) is 6.35. The molecule has 25 heavy (non-hydrogen) atoms. The van der Waals surface area contributed by atoms with Gasteiger partial charge in [0.25, 0.3) is 0 Å². The Morgan fingerprint density at radius 2 is 1.24 bits per heavy atom. The van der Waals surface area contributed by atoms with E-state index in [1.807, 2.05) is 31.5 Å². The lowest BCUT2D eigenvalue weighted by Crippen LogP contribution is -2.46. The van der Waals surface area contributed by atoms with Crippen molar-refractivity contribution in [3.63, 3.8) is 0 Å². The molecule has 1 N–H and O–H groups in total. The number of imidazole rings is 1. The maximum absolute atomic E-state index is 9.42. The number of piperazine rings is 1. The Hall–Kier alpha value is -2.95. The van der Waals surface area contributed by atoms with Crippen LogP contribution in [0.25, 0.3) is 5.69 Å². The molecule has 0 bridgehead atoms. The number of phenols is 1. The Kier molecular flexibility index (Phi) is 4.06. The van der Waals surface area contributed by atoms with Gasteiger partial charge in [-0.2, -0.15) is 0 Å². The molecule has 5 nitrogen and oxygen atoms in total. The normalized spacial score (nSPS) is 14.8. The maximum Gasteiger partial charge on any atom is 0.115 e. The molecule has 0 aliphatic carbocycles. The van der Waals surface area contributed by atoms with Gasteiger partial charge >= 0.3 is 0 Å². The molecule has 128 valence electrons. The van der Waals surface area contributed by atoms with Gasteiger partial charge in [0.2, 0.25) is 0 Å². The van der Waals surface area contributed by atoms with Gasteiger partial charge in [-0.25, -0.2) is 4.98 Å². The van der Waals surface area contributed by atoms with Gasteiger partial charge in [-0.1, -0.05) is 0 Å². The number of anilines is 2. The molecule has 1 aliphatic heterocycles. The second kappa shape index (κ2) is 6.51. The summed E-state index contributed by atoms with van der Waals surface area (Å²) in [7, 11) is 0. The SMILES string of the molecule is Cc1nccn1-c1ccc(N2CCN(c3ccc(O)cc3)CC2)cc1. The number of hydrogen-bond donors (Lipinski definition) is 1. The molecular weight excluding hydrogens is 312 g/mol. The molecule has 0 amide bonds. The van der Waals surface area contributed by atoms with Gasteiger partial charge in [0, 0.05) is 55.6 Å². The van der Waals surface area contributed by atoms with Crippen molar-refractivity contribution >= 4 is 11.4 Å². The summed E-state index contributed by atoms with van der Waals surface area (Å²) in [6.07, 6.45) is 3.81. The summed E-state index contributed by atoms with van der Waals surface area (Å²) in [4.78, 5) is 9.06. The topological polar surface area (TPSA) is 44.5 Å². The van der Waals surface area contributed by atoms with E-state index in [1.165, 1.54) is 11.4 Å². The van der Waals surface area contributed by atoms with Gasteiger partial charge in [0.05, 0.1) is 0 Å². The predicted molar refractivity (Wildman–Crippen MR) is 101 cm³/mol. The van der Waals surface area contributed by atoms with Crippen LogP contribution in [0.5, 0.6) is 5.75 Å². The first kappa shape index (κ1) is 15.6. The number of phenolic OH excluding ortho intramolecular Hbond substituents is 1.